The zero-order valence-electron chi connectivity index (χ0n) is 9.82. The summed E-state index contributed by atoms with van der Waals surface area (Å²) in [5.74, 6) is 0.717. The van der Waals surface area contributed by atoms with Gasteiger partial charge in [-0.05, 0) is 12.5 Å². The van der Waals surface area contributed by atoms with Crippen molar-refractivity contribution in [1.82, 2.24) is 0 Å². The van der Waals surface area contributed by atoms with Gasteiger partial charge in [0, 0.05) is 12.2 Å². The quantitative estimate of drug-likeness (QED) is 0.650. The minimum absolute atomic E-state index is 0.628. The first-order chi connectivity index (χ1) is 7.29. The fourth-order valence-electron chi connectivity index (χ4n) is 1.14. The second-order valence-corrected chi connectivity index (χ2v) is 3.08. The molecule has 0 aromatic heterocycles. The van der Waals surface area contributed by atoms with Crippen LogP contribution in [-0.2, 0) is 11.3 Å². The van der Waals surface area contributed by atoms with E-state index in [9.17, 15) is 0 Å². The number of para-hydroxylation sites is 1. The average molecular weight is 195 g/mol. The lowest BCUT2D eigenvalue weighted by molar-refractivity contribution is 0.116. The summed E-state index contributed by atoms with van der Waals surface area (Å²) in [6.07, 6.45) is 2.07. The lowest BCUT2D eigenvalue weighted by Gasteiger charge is -2.08. The van der Waals surface area contributed by atoms with Gasteiger partial charge in [-0.25, -0.2) is 0 Å². The molecule has 0 bridgehead atoms. The van der Waals surface area contributed by atoms with Gasteiger partial charge in [-0.3, -0.25) is 0 Å². The molecule has 0 fully saturated rings. The van der Waals surface area contributed by atoms with E-state index < -0.39 is 6.58 Å². The molecule has 1 unspecified atom stereocenters. The van der Waals surface area contributed by atoms with Crippen LogP contribution in [0.25, 0.3) is 0 Å². The van der Waals surface area contributed by atoms with Crippen molar-refractivity contribution in [2.24, 2.45) is 0 Å². The van der Waals surface area contributed by atoms with Crippen LogP contribution in [0.15, 0.2) is 24.3 Å². The molecule has 1 atom stereocenters. The molecule has 0 N–H and O–H groups in total. The number of hydrogen-bond donors (Lipinski definition) is 0. The summed E-state index contributed by atoms with van der Waals surface area (Å²) >= 11 is 0. The molecule has 0 amide bonds. The number of rotatable bonds is 6. The number of methoxy groups -OCH3 is 1. The van der Waals surface area contributed by atoms with Crippen molar-refractivity contribution in [2.75, 3.05) is 13.7 Å². The Morgan fingerprint density at radius 3 is 2.86 bits per heavy atom. The maximum Gasteiger partial charge on any atom is 0.124 e. The van der Waals surface area contributed by atoms with Crippen LogP contribution in [0.1, 0.15) is 26.7 Å². The van der Waals surface area contributed by atoms with E-state index >= 15 is 0 Å². The molecule has 0 aliphatic rings. The van der Waals surface area contributed by atoms with Crippen LogP contribution in [0.5, 0.6) is 5.75 Å². The van der Waals surface area contributed by atoms with Gasteiger partial charge >= 0.3 is 0 Å². The summed E-state index contributed by atoms with van der Waals surface area (Å²) < 4.78 is 18.4. The van der Waals surface area contributed by atoms with Gasteiger partial charge in [-0.15, -0.1) is 0 Å². The Hall–Kier alpha value is -1.02. The maximum atomic E-state index is 7.83. The van der Waals surface area contributed by atoms with Crippen LogP contribution in [-0.4, -0.2) is 13.7 Å². The highest BCUT2D eigenvalue weighted by atomic mass is 16.5. The van der Waals surface area contributed by atoms with E-state index in [0.29, 0.717) is 12.4 Å². The largest absolute Gasteiger partial charge is 0.496 e. The first-order valence-corrected chi connectivity index (χ1v) is 4.96. The summed E-state index contributed by atoms with van der Waals surface area (Å²) in [6, 6.07) is 7.49. The van der Waals surface area contributed by atoms with Crippen molar-refractivity contribution < 1.29 is 10.8 Å². The van der Waals surface area contributed by atoms with Gasteiger partial charge in [-0.1, -0.05) is 31.5 Å². The highest BCUT2D eigenvalue weighted by molar-refractivity contribution is 5.32. The van der Waals surface area contributed by atoms with E-state index in [4.69, 9.17) is 10.8 Å². The second kappa shape index (κ2) is 6.44. The standard InChI is InChI=1S/C12H18O2/c1-3-4-9-14-10-11-7-5-6-8-12(11)13-2/h5-8H,3-4,9-10H2,1-2H3/i10D. The average Bonchev–Trinajstić information content (AvgIpc) is 2.29. The third kappa shape index (κ3) is 3.38. The smallest absolute Gasteiger partial charge is 0.124 e. The molecule has 0 aliphatic heterocycles. The summed E-state index contributed by atoms with van der Waals surface area (Å²) in [4.78, 5) is 0. The van der Waals surface area contributed by atoms with Gasteiger partial charge in [0.1, 0.15) is 5.75 Å². The lowest BCUT2D eigenvalue weighted by Crippen LogP contribution is -1.97. The summed E-state index contributed by atoms with van der Waals surface area (Å²) in [5, 5.41) is 0. The summed E-state index contributed by atoms with van der Waals surface area (Å²) in [5.41, 5.74) is 0.788. The zero-order chi connectivity index (χ0) is 11.1. The van der Waals surface area contributed by atoms with Gasteiger partial charge in [0.2, 0.25) is 0 Å². The van der Waals surface area contributed by atoms with Crippen molar-refractivity contribution in [3.8, 4) is 5.75 Å². The molecule has 78 valence electrons. The third-order valence-electron chi connectivity index (χ3n) is 1.96. The van der Waals surface area contributed by atoms with E-state index in [1.54, 1.807) is 7.11 Å². The Morgan fingerprint density at radius 2 is 2.14 bits per heavy atom. The SMILES string of the molecule is [2H]C(OCCCC)c1ccccc1OC. The minimum atomic E-state index is -0.646. The number of benzene rings is 1. The number of unbranched alkanes of at least 4 members (excludes halogenated alkanes) is 1. The Labute approximate surface area is 87.3 Å². The highest BCUT2D eigenvalue weighted by Crippen LogP contribution is 2.17. The first kappa shape index (κ1) is 9.53. The highest BCUT2D eigenvalue weighted by Gasteiger charge is 2.00. The van der Waals surface area contributed by atoms with E-state index in [2.05, 4.69) is 6.92 Å². The van der Waals surface area contributed by atoms with Gasteiger partial charge in [0.15, 0.2) is 0 Å². The number of ether oxygens (including phenoxy) is 2. The van der Waals surface area contributed by atoms with Crippen LogP contribution >= 0.6 is 0 Å². The molecule has 0 heterocycles. The maximum absolute atomic E-state index is 7.83. The topological polar surface area (TPSA) is 18.5 Å². The molecule has 0 spiro atoms. The van der Waals surface area contributed by atoms with Gasteiger partial charge in [0.05, 0.1) is 15.1 Å². The minimum Gasteiger partial charge on any atom is -0.496 e. The molecular weight excluding hydrogens is 176 g/mol. The normalized spacial score (nSPS) is 13.4. The van der Waals surface area contributed by atoms with E-state index in [1.165, 1.54) is 0 Å². The molecule has 2 heteroatoms. The number of hydrogen-bond acceptors (Lipinski definition) is 2. The van der Waals surface area contributed by atoms with Crippen LogP contribution in [0.4, 0.5) is 0 Å². The molecule has 0 aliphatic carbocycles. The van der Waals surface area contributed by atoms with Gasteiger partial charge < -0.3 is 9.47 Å². The predicted octanol–water partition coefficient (Wildman–Crippen LogP) is 3.01. The Bertz CT molecular complexity index is 289. The third-order valence-corrected chi connectivity index (χ3v) is 1.96. The summed E-state index contributed by atoms with van der Waals surface area (Å²) in [6.45, 7) is 2.08. The van der Waals surface area contributed by atoms with E-state index in [-0.39, 0.29) is 0 Å². The second-order valence-electron chi connectivity index (χ2n) is 3.08. The van der Waals surface area contributed by atoms with Crippen LogP contribution in [0.3, 0.4) is 0 Å². The monoisotopic (exact) mass is 195 g/mol. The molecule has 14 heavy (non-hydrogen) atoms. The molecule has 1 aromatic rings. The van der Waals surface area contributed by atoms with Crippen LogP contribution in [0, 0.1) is 0 Å². The van der Waals surface area contributed by atoms with Crippen molar-refractivity contribution >= 4 is 0 Å². The predicted molar refractivity (Wildman–Crippen MR) is 57.6 cm³/mol. The lowest BCUT2D eigenvalue weighted by atomic mass is 10.2. The van der Waals surface area contributed by atoms with Crippen molar-refractivity contribution in [1.29, 1.82) is 0 Å². The summed E-state index contributed by atoms with van der Waals surface area (Å²) in [7, 11) is 1.61. The Balaban J connectivity index is 2.59. The van der Waals surface area contributed by atoms with Gasteiger partial charge in [-0.2, -0.15) is 0 Å². The van der Waals surface area contributed by atoms with Crippen LogP contribution < -0.4 is 4.74 Å². The molecule has 2 nitrogen and oxygen atoms in total. The molecule has 0 saturated heterocycles. The molecule has 0 radical (unpaired) electrons. The Morgan fingerprint density at radius 1 is 1.36 bits per heavy atom. The molecule has 0 saturated carbocycles. The molecule has 1 aromatic carbocycles. The molecular formula is C12H18O2. The Kier molecular flexibility index (Phi) is 4.38. The van der Waals surface area contributed by atoms with E-state index in [1.807, 2.05) is 24.3 Å². The zero-order valence-corrected chi connectivity index (χ0v) is 8.82. The van der Waals surface area contributed by atoms with Crippen LogP contribution in [0.2, 0.25) is 0 Å². The first-order valence-electron chi connectivity index (χ1n) is 5.54. The van der Waals surface area contributed by atoms with Crippen molar-refractivity contribution in [2.45, 2.75) is 26.3 Å². The van der Waals surface area contributed by atoms with Crippen molar-refractivity contribution in [3.05, 3.63) is 29.8 Å². The fourth-order valence-corrected chi connectivity index (χ4v) is 1.14. The van der Waals surface area contributed by atoms with Crippen molar-refractivity contribution in [3.63, 3.8) is 0 Å². The fraction of sp³-hybridized carbons (Fsp3) is 0.500. The van der Waals surface area contributed by atoms with E-state index in [0.717, 1.165) is 18.4 Å². The van der Waals surface area contributed by atoms with Gasteiger partial charge in [0.25, 0.3) is 0 Å². The molecule has 1 rings (SSSR count).